The largest absolute Gasteiger partial charge is 0.462 e. The van der Waals surface area contributed by atoms with E-state index in [1.54, 1.807) is 45.0 Å². The number of sulfonamides is 1. The van der Waals surface area contributed by atoms with E-state index in [2.05, 4.69) is 15.4 Å². The van der Waals surface area contributed by atoms with Crippen LogP contribution in [-0.4, -0.2) is 38.7 Å². The Labute approximate surface area is 225 Å². The number of para-hydroxylation sites is 1. The van der Waals surface area contributed by atoms with Gasteiger partial charge < -0.3 is 20.1 Å². The van der Waals surface area contributed by atoms with Crippen molar-refractivity contribution in [1.82, 2.24) is 0 Å². The van der Waals surface area contributed by atoms with Gasteiger partial charge in [0.1, 0.15) is 9.88 Å². The second-order valence-corrected chi connectivity index (χ2v) is 10.8. The number of rotatable bonds is 9. The lowest BCUT2D eigenvalue weighted by molar-refractivity contribution is 0.0527. The molecule has 0 saturated carbocycles. The first-order valence-electron chi connectivity index (χ1n) is 11.3. The van der Waals surface area contributed by atoms with Crippen molar-refractivity contribution in [2.45, 2.75) is 32.6 Å². The normalized spacial score (nSPS) is 10.9. The summed E-state index contributed by atoms with van der Waals surface area (Å²) in [4.78, 5) is 25.3. The monoisotopic (exact) mass is 561 g/mol. The molecule has 0 amide bonds. The lowest BCUT2D eigenvalue weighted by Crippen LogP contribution is -2.20. The molecule has 3 rings (SSSR count). The minimum atomic E-state index is -3.78. The highest BCUT2D eigenvalue weighted by molar-refractivity contribution is 7.92. The molecule has 196 valence electrons. The van der Waals surface area contributed by atoms with Gasteiger partial charge in [-0.05, 0) is 81.4 Å². The van der Waals surface area contributed by atoms with E-state index in [9.17, 15) is 18.0 Å². The van der Waals surface area contributed by atoms with E-state index in [0.717, 1.165) is 16.9 Å². The van der Waals surface area contributed by atoms with Crippen LogP contribution >= 0.6 is 23.6 Å². The van der Waals surface area contributed by atoms with Crippen LogP contribution in [0.15, 0.2) is 53.4 Å². The Morgan fingerprint density at radius 1 is 0.919 bits per heavy atom. The van der Waals surface area contributed by atoms with Crippen LogP contribution in [0.4, 0.5) is 16.4 Å². The molecule has 0 bridgehead atoms. The maximum Gasteiger partial charge on any atom is 0.348 e. The van der Waals surface area contributed by atoms with Crippen molar-refractivity contribution < 1.29 is 27.5 Å². The summed E-state index contributed by atoms with van der Waals surface area (Å²) in [5.41, 5.74) is 2.45. The van der Waals surface area contributed by atoms with Crippen LogP contribution in [0.1, 0.15) is 45.0 Å². The van der Waals surface area contributed by atoms with E-state index < -0.39 is 22.0 Å². The number of ether oxygens (including phenoxy) is 2. The third kappa shape index (κ3) is 6.85. The summed E-state index contributed by atoms with van der Waals surface area (Å²) in [7, 11) is -3.78. The average Bonchev–Trinajstić information content (AvgIpc) is 3.16. The lowest BCUT2D eigenvalue weighted by atomic mass is 10.1. The van der Waals surface area contributed by atoms with Crippen LogP contribution in [0.25, 0.3) is 0 Å². The highest BCUT2D eigenvalue weighted by atomic mass is 32.2. The van der Waals surface area contributed by atoms with Gasteiger partial charge in [-0.15, -0.1) is 11.3 Å². The number of esters is 2. The van der Waals surface area contributed by atoms with Crippen LogP contribution in [0, 0.1) is 13.8 Å². The number of thiophene rings is 1. The first-order valence-corrected chi connectivity index (χ1v) is 14.0. The van der Waals surface area contributed by atoms with Crippen LogP contribution in [-0.2, 0) is 19.5 Å². The lowest BCUT2D eigenvalue weighted by Gasteiger charge is -2.13. The van der Waals surface area contributed by atoms with Gasteiger partial charge in [0, 0.05) is 5.69 Å². The smallest absolute Gasteiger partial charge is 0.348 e. The highest BCUT2D eigenvalue weighted by Gasteiger charge is 2.27. The molecule has 12 heteroatoms. The van der Waals surface area contributed by atoms with Gasteiger partial charge in [-0.3, -0.25) is 4.72 Å². The summed E-state index contributed by atoms with van der Waals surface area (Å²) in [5, 5.41) is 6.36. The first-order chi connectivity index (χ1) is 17.6. The fraction of sp³-hybridized carbons (Fsp3) is 0.240. The zero-order valence-electron chi connectivity index (χ0n) is 20.7. The molecule has 1 heterocycles. The summed E-state index contributed by atoms with van der Waals surface area (Å²) < 4.78 is 38.4. The van der Waals surface area contributed by atoms with E-state index >= 15 is 0 Å². The highest BCUT2D eigenvalue weighted by Crippen LogP contribution is 2.34. The summed E-state index contributed by atoms with van der Waals surface area (Å²) >= 11 is 6.42. The standard InChI is InChI=1S/C25H27N3O6S3/c1-5-33-23(29)20-16(4)21(24(30)34-6-2)36-22(20)27-25(35)26-17-11-13-18(14-12-17)37(31,32)28-19-10-8-7-9-15(19)3/h7-14,28H,5-6H2,1-4H3,(H2,26,27,35). The molecule has 3 aromatic rings. The van der Waals surface area contributed by atoms with Crippen LogP contribution in [0.5, 0.6) is 0 Å². The molecule has 0 aliphatic heterocycles. The molecule has 3 N–H and O–H groups in total. The van der Waals surface area contributed by atoms with Gasteiger partial charge in [-0.2, -0.15) is 0 Å². The van der Waals surface area contributed by atoms with Gasteiger partial charge in [-0.1, -0.05) is 18.2 Å². The second kappa shape index (κ2) is 12.2. The summed E-state index contributed by atoms with van der Waals surface area (Å²) in [6, 6.07) is 13.1. The second-order valence-electron chi connectivity index (χ2n) is 7.73. The predicted molar refractivity (Wildman–Crippen MR) is 149 cm³/mol. The Hall–Kier alpha value is -3.48. The number of aryl methyl sites for hydroxylation is 1. The Morgan fingerprint density at radius 2 is 1.54 bits per heavy atom. The number of hydrogen-bond acceptors (Lipinski definition) is 8. The summed E-state index contributed by atoms with van der Waals surface area (Å²) in [5.74, 6) is -1.13. The Bertz CT molecular complexity index is 1420. The Kier molecular flexibility index (Phi) is 9.24. The van der Waals surface area contributed by atoms with Gasteiger partial charge in [-0.25, -0.2) is 18.0 Å². The van der Waals surface area contributed by atoms with Crippen molar-refractivity contribution in [2.24, 2.45) is 0 Å². The number of hydrogen-bond donors (Lipinski definition) is 3. The zero-order valence-corrected chi connectivity index (χ0v) is 23.2. The first kappa shape index (κ1) is 28.1. The van der Waals surface area contributed by atoms with Crippen LogP contribution in [0.3, 0.4) is 0 Å². The molecule has 0 aliphatic rings. The Balaban J connectivity index is 1.76. The Morgan fingerprint density at radius 3 is 2.16 bits per heavy atom. The van der Waals surface area contributed by atoms with Crippen molar-refractivity contribution in [3.63, 3.8) is 0 Å². The van der Waals surface area contributed by atoms with Crippen molar-refractivity contribution in [1.29, 1.82) is 0 Å². The van der Waals surface area contributed by atoms with Gasteiger partial charge in [0.2, 0.25) is 0 Å². The summed E-state index contributed by atoms with van der Waals surface area (Å²) in [6.45, 7) is 7.20. The predicted octanol–water partition coefficient (Wildman–Crippen LogP) is 5.33. The molecule has 0 saturated heterocycles. The number of nitrogens with one attached hydrogen (secondary N) is 3. The molecule has 0 atom stereocenters. The van der Waals surface area contributed by atoms with E-state index in [1.165, 1.54) is 12.1 Å². The molecule has 0 aliphatic carbocycles. The van der Waals surface area contributed by atoms with Crippen LogP contribution in [0.2, 0.25) is 0 Å². The molecule has 37 heavy (non-hydrogen) atoms. The quantitative estimate of drug-likeness (QED) is 0.235. The molecule has 0 spiro atoms. The van der Waals surface area contributed by atoms with Gasteiger partial charge in [0.25, 0.3) is 10.0 Å². The SMILES string of the molecule is CCOC(=O)c1sc(NC(=S)Nc2ccc(S(=O)(=O)Nc3ccccc3C)cc2)c(C(=O)OCC)c1C. The van der Waals surface area contributed by atoms with E-state index in [-0.39, 0.29) is 33.7 Å². The number of carbonyl (C=O) groups is 2. The fourth-order valence-electron chi connectivity index (χ4n) is 3.32. The minimum Gasteiger partial charge on any atom is -0.462 e. The average molecular weight is 562 g/mol. The molecule has 0 radical (unpaired) electrons. The maximum absolute atomic E-state index is 12.8. The molecule has 0 unspecified atom stereocenters. The van der Waals surface area contributed by atoms with E-state index in [0.29, 0.717) is 21.9 Å². The molecule has 9 nitrogen and oxygen atoms in total. The van der Waals surface area contributed by atoms with Crippen molar-refractivity contribution in [2.75, 3.05) is 28.6 Å². The molecular weight excluding hydrogens is 534 g/mol. The molecule has 2 aromatic carbocycles. The molecule has 1 aromatic heterocycles. The fourth-order valence-corrected chi connectivity index (χ4v) is 5.82. The van der Waals surface area contributed by atoms with Crippen molar-refractivity contribution in [3.8, 4) is 0 Å². The van der Waals surface area contributed by atoms with Gasteiger partial charge in [0.15, 0.2) is 5.11 Å². The molecular formula is C25H27N3O6S3. The van der Waals surface area contributed by atoms with Gasteiger partial charge in [0.05, 0.1) is 29.4 Å². The van der Waals surface area contributed by atoms with Crippen LogP contribution < -0.4 is 15.4 Å². The van der Waals surface area contributed by atoms with Crippen molar-refractivity contribution in [3.05, 3.63) is 70.1 Å². The number of anilines is 3. The van der Waals surface area contributed by atoms with Crippen molar-refractivity contribution >= 4 is 67.0 Å². The third-order valence-corrected chi connectivity index (χ3v) is 7.90. The van der Waals surface area contributed by atoms with Gasteiger partial charge >= 0.3 is 11.9 Å². The minimum absolute atomic E-state index is 0.0812. The number of benzene rings is 2. The number of thiocarbonyl (C=S) groups is 1. The number of carbonyl (C=O) groups excluding carboxylic acids is 2. The third-order valence-electron chi connectivity index (χ3n) is 5.13. The summed E-state index contributed by atoms with van der Waals surface area (Å²) in [6.07, 6.45) is 0. The molecule has 0 fully saturated rings. The zero-order chi connectivity index (χ0) is 27.2. The van der Waals surface area contributed by atoms with E-state index in [1.807, 2.05) is 19.1 Å². The maximum atomic E-state index is 12.8. The van der Waals surface area contributed by atoms with E-state index in [4.69, 9.17) is 21.7 Å². The topological polar surface area (TPSA) is 123 Å².